The van der Waals surface area contributed by atoms with Crippen molar-refractivity contribution in [1.29, 1.82) is 0 Å². The first-order chi connectivity index (χ1) is 9.24. The second-order valence-corrected chi connectivity index (χ2v) is 5.30. The summed E-state index contributed by atoms with van der Waals surface area (Å²) in [5.74, 6) is 0. The van der Waals surface area contributed by atoms with E-state index in [2.05, 4.69) is 36.9 Å². The smallest absolute Gasteiger partial charge is 0.0608 e. The van der Waals surface area contributed by atoms with Crippen LogP contribution in [0.2, 0.25) is 0 Å². The van der Waals surface area contributed by atoms with Crippen LogP contribution in [0.3, 0.4) is 0 Å². The summed E-state index contributed by atoms with van der Waals surface area (Å²) >= 11 is 0. The van der Waals surface area contributed by atoms with E-state index < -0.39 is 0 Å². The van der Waals surface area contributed by atoms with E-state index in [0.29, 0.717) is 6.10 Å². The Kier molecular flexibility index (Phi) is 5.23. The van der Waals surface area contributed by atoms with Gasteiger partial charge in [0.15, 0.2) is 0 Å². The van der Waals surface area contributed by atoms with Gasteiger partial charge in [-0.1, -0.05) is 12.1 Å². The van der Waals surface area contributed by atoms with E-state index in [1.54, 1.807) is 0 Å². The van der Waals surface area contributed by atoms with Crippen LogP contribution in [-0.4, -0.2) is 32.3 Å². The van der Waals surface area contributed by atoms with Crippen LogP contribution in [0.5, 0.6) is 0 Å². The summed E-state index contributed by atoms with van der Waals surface area (Å²) in [5.41, 5.74) is 9.68. The van der Waals surface area contributed by atoms with Crippen molar-refractivity contribution in [2.24, 2.45) is 5.73 Å². The molecule has 0 spiro atoms. The molecule has 2 rings (SSSR count). The van der Waals surface area contributed by atoms with Crippen LogP contribution in [0.1, 0.15) is 30.9 Å². The van der Waals surface area contributed by atoms with Crippen LogP contribution < -0.4 is 10.6 Å². The number of rotatable bonds is 5. The second-order valence-electron chi connectivity index (χ2n) is 5.30. The van der Waals surface area contributed by atoms with Gasteiger partial charge in [-0.05, 0) is 56.8 Å². The molecule has 1 aromatic rings. The predicted molar refractivity (Wildman–Crippen MR) is 80.8 cm³/mol. The van der Waals surface area contributed by atoms with E-state index in [1.807, 2.05) is 0 Å². The maximum Gasteiger partial charge on any atom is 0.0608 e. The van der Waals surface area contributed by atoms with Gasteiger partial charge in [-0.2, -0.15) is 0 Å². The predicted octanol–water partition coefficient (Wildman–Crippen LogP) is 2.50. The van der Waals surface area contributed by atoms with Gasteiger partial charge in [0.05, 0.1) is 6.10 Å². The van der Waals surface area contributed by atoms with Crippen molar-refractivity contribution < 1.29 is 4.74 Å². The zero-order chi connectivity index (χ0) is 13.7. The molecule has 1 saturated heterocycles. The quantitative estimate of drug-likeness (QED) is 0.886. The van der Waals surface area contributed by atoms with E-state index in [-0.39, 0.29) is 0 Å². The van der Waals surface area contributed by atoms with Gasteiger partial charge in [-0.25, -0.2) is 0 Å². The maximum absolute atomic E-state index is 5.71. The topological polar surface area (TPSA) is 38.5 Å². The van der Waals surface area contributed by atoms with Gasteiger partial charge in [-0.3, -0.25) is 0 Å². The number of ether oxygens (including phenoxy) is 1. The maximum atomic E-state index is 5.71. The van der Waals surface area contributed by atoms with Crippen molar-refractivity contribution in [1.82, 2.24) is 0 Å². The first-order valence-corrected chi connectivity index (χ1v) is 7.40. The van der Waals surface area contributed by atoms with Crippen LogP contribution in [0.15, 0.2) is 18.2 Å². The summed E-state index contributed by atoms with van der Waals surface area (Å²) < 4.78 is 5.71. The molecule has 1 fully saturated rings. The van der Waals surface area contributed by atoms with E-state index >= 15 is 0 Å². The third kappa shape index (κ3) is 3.71. The Hall–Kier alpha value is -1.06. The lowest BCUT2D eigenvalue weighted by molar-refractivity contribution is 0.0459. The van der Waals surface area contributed by atoms with E-state index in [1.165, 1.54) is 16.8 Å². The molecule has 0 radical (unpaired) electrons. The number of hydrogen-bond donors (Lipinski definition) is 1. The van der Waals surface area contributed by atoms with Gasteiger partial charge in [0.2, 0.25) is 0 Å². The summed E-state index contributed by atoms with van der Waals surface area (Å²) in [6, 6.07) is 6.74. The summed E-state index contributed by atoms with van der Waals surface area (Å²) in [5, 5.41) is 0. The first-order valence-electron chi connectivity index (χ1n) is 7.40. The van der Waals surface area contributed by atoms with Gasteiger partial charge in [0.1, 0.15) is 0 Å². The summed E-state index contributed by atoms with van der Waals surface area (Å²) in [4.78, 5) is 2.48. The Balaban J connectivity index is 1.99. The molecule has 2 N–H and O–H groups in total. The highest BCUT2D eigenvalue weighted by Crippen LogP contribution is 2.25. The van der Waals surface area contributed by atoms with Crippen LogP contribution >= 0.6 is 0 Å². The van der Waals surface area contributed by atoms with Crippen molar-refractivity contribution in [3.05, 3.63) is 29.3 Å². The largest absolute Gasteiger partial charge is 0.378 e. The SMILES string of the molecule is CCOC1CCN(c2ccc(CCN)cc2C)CC1. The molecule has 1 aromatic carbocycles. The zero-order valence-electron chi connectivity index (χ0n) is 12.2. The van der Waals surface area contributed by atoms with Gasteiger partial charge in [-0.15, -0.1) is 0 Å². The molecular weight excluding hydrogens is 236 g/mol. The summed E-state index contributed by atoms with van der Waals surface area (Å²) in [6.07, 6.45) is 3.70. The van der Waals surface area contributed by atoms with Crippen LogP contribution in [0.4, 0.5) is 5.69 Å². The van der Waals surface area contributed by atoms with Crippen LogP contribution in [-0.2, 0) is 11.2 Å². The number of benzene rings is 1. The lowest BCUT2D eigenvalue weighted by Crippen LogP contribution is -2.37. The van der Waals surface area contributed by atoms with E-state index in [9.17, 15) is 0 Å². The molecule has 0 aliphatic carbocycles. The lowest BCUT2D eigenvalue weighted by Gasteiger charge is -2.34. The van der Waals surface area contributed by atoms with Gasteiger partial charge >= 0.3 is 0 Å². The van der Waals surface area contributed by atoms with Gasteiger partial charge in [0, 0.05) is 25.4 Å². The molecule has 3 heteroatoms. The molecular formula is C16H26N2O. The number of anilines is 1. The van der Waals surface area contributed by atoms with E-state index in [0.717, 1.165) is 45.5 Å². The van der Waals surface area contributed by atoms with Gasteiger partial charge in [0.25, 0.3) is 0 Å². The Labute approximate surface area is 116 Å². The van der Waals surface area contributed by atoms with Crippen molar-refractivity contribution in [2.75, 3.05) is 31.1 Å². The lowest BCUT2D eigenvalue weighted by atomic mass is 10.0. The molecule has 1 aliphatic rings. The minimum Gasteiger partial charge on any atom is -0.378 e. The normalized spacial score (nSPS) is 16.9. The molecule has 0 bridgehead atoms. The molecule has 106 valence electrons. The molecule has 0 atom stereocenters. The monoisotopic (exact) mass is 262 g/mol. The minimum atomic E-state index is 0.457. The fourth-order valence-corrected chi connectivity index (χ4v) is 2.89. The zero-order valence-corrected chi connectivity index (χ0v) is 12.2. The highest BCUT2D eigenvalue weighted by Gasteiger charge is 2.20. The molecule has 0 unspecified atom stereocenters. The Bertz CT molecular complexity index is 398. The van der Waals surface area contributed by atoms with E-state index in [4.69, 9.17) is 10.5 Å². The second kappa shape index (κ2) is 6.92. The van der Waals surface area contributed by atoms with Crippen molar-refractivity contribution in [2.45, 2.75) is 39.2 Å². The summed E-state index contributed by atoms with van der Waals surface area (Å²) in [6.45, 7) is 8.02. The average Bonchev–Trinajstić information content (AvgIpc) is 2.41. The number of hydrogen-bond acceptors (Lipinski definition) is 3. The molecule has 19 heavy (non-hydrogen) atoms. The number of nitrogens with zero attached hydrogens (tertiary/aromatic N) is 1. The first kappa shape index (κ1) is 14.4. The third-order valence-electron chi connectivity index (χ3n) is 3.88. The van der Waals surface area contributed by atoms with Gasteiger partial charge < -0.3 is 15.4 Å². The number of piperidine rings is 1. The number of aryl methyl sites for hydroxylation is 1. The molecule has 0 amide bonds. The molecule has 1 heterocycles. The Morgan fingerprint density at radius 2 is 2.05 bits per heavy atom. The molecule has 0 saturated carbocycles. The Morgan fingerprint density at radius 1 is 1.32 bits per heavy atom. The fourth-order valence-electron chi connectivity index (χ4n) is 2.89. The third-order valence-corrected chi connectivity index (χ3v) is 3.88. The molecule has 1 aliphatic heterocycles. The molecule has 3 nitrogen and oxygen atoms in total. The standard InChI is InChI=1S/C16H26N2O/c1-3-19-15-7-10-18(11-8-15)16-5-4-14(6-9-17)12-13(16)2/h4-5,12,15H,3,6-11,17H2,1-2H3. The minimum absolute atomic E-state index is 0.457. The Morgan fingerprint density at radius 3 is 2.63 bits per heavy atom. The highest BCUT2D eigenvalue weighted by molar-refractivity contribution is 5.54. The highest BCUT2D eigenvalue weighted by atomic mass is 16.5. The van der Waals surface area contributed by atoms with Crippen LogP contribution in [0.25, 0.3) is 0 Å². The van der Waals surface area contributed by atoms with Crippen LogP contribution in [0, 0.1) is 6.92 Å². The van der Waals surface area contributed by atoms with Crippen molar-refractivity contribution in [3.8, 4) is 0 Å². The fraction of sp³-hybridized carbons (Fsp3) is 0.625. The average molecular weight is 262 g/mol. The van der Waals surface area contributed by atoms with Crippen molar-refractivity contribution >= 4 is 5.69 Å². The number of nitrogens with two attached hydrogens (primary N) is 1. The van der Waals surface area contributed by atoms with Crippen molar-refractivity contribution in [3.63, 3.8) is 0 Å². The molecule has 0 aromatic heterocycles. The summed E-state index contributed by atoms with van der Waals surface area (Å²) in [7, 11) is 0.